The number of hydrogen-bond acceptors (Lipinski definition) is 10. The van der Waals surface area contributed by atoms with Gasteiger partial charge in [-0.3, -0.25) is 19.2 Å². The number of ether oxygens (including phenoxy) is 4. The van der Waals surface area contributed by atoms with Crippen LogP contribution >= 0.6 is 0 Å². The number of nitrogens with one attached hydrogen (secondary N) is 3. The third-order valence-electron chi connectivity index (χ3n) is 8.14. The molecule has 52 heavy (non-hydrogen) atoms. The zero-order valence-electron chi connectivity index (χ0n) is 31.3. The molecule has 1 atom stereocenters. The van der Waals surface area contributed by atoms with Crippen LogP contribution in [0, 0.1) is 0 Å². The van der Waals surface area contributed by atoms with Crippen molar-refractivity contribution in [2.75, 3.05) is 65.9 Å². The molecular formula is C37H67N3O12. The fourth-order valence-electron chi connectivity index (χ4n) is 5.24. The lowest BCUT2D eigenvalue weighted by molar-refractivity contribution is -0.142. The number of carboxylic acids is 2. The van der Waals surface area contributed by atoms with Crippen molar-refractivity contribution in [3.05, 3.63) is 0 Å². The first-order valence-corrected chi connectivity index (χ1v) is 19.3. The molecule has 302 valence electrons. The quantitative estimate of drug-likeness (QED) is 0.0446. The van der Waals surface area contributed by atoms with Crippen LogP contribution < -0.4 is 16.0 Å². The van der Waals surface area contributed by atoms with Gasteiger partial charge in [0.15, 0.2) is 0 Å². The molecule has 0 radical (unpaired) electrons. The summed E-state index contributed by atoms with van der Waals surface area (Å²) in [7, 11) is 0. The molecule has 5 N–H and O–H groups in total. The van der Waals surface area contributed by atoms with Crippen LogP contribution in [0.4, 0.5) is 0 Å². The molecule has 0 rings (SSSR count). The average molecular weight is 746 g/mol. The van der Waals surface area contributed by atoms with Crippen molar-refractivity contribution < 1.29 is 57.9 Å². The third kappa shape index (κ3) is 36.6. The van der Waals surface area contributed by atoms with Crippen LogP contribution in [-0.2, 0) is 47.7 Å². The first kappa shape index (κ1) is 48.9. The van der Waals surface area contributed by atoms with Crippen LogP contribution in [0.25, 0.3) is 0 Å². The van der Waals surface area contributed by atoms with Crippen LogP contribution in [0.15, 0.2) is 0 Å². The topological polar surface area (TPSA) is 216 Å². The minimum absolute atomic E-state index is 0.0121. The maximum Gasteiger partial charge on any atom is 0.326 e. The number of carbonyl (C=O) groups is 6. The zero-order chi connectivity index (χ0) is 38.3. The summed E-state index contributed by atoms with van der Waals surface area (Å²) in [6.07, 6.45) is 19.1. The Morgan fingerprint density at radius 2 is 0.942 bits per heavy atom. The molecule has 15 heteroatoms. The van der Waals surface area contributed by atoms with E-state index in [1.165, 1.54) is 57.8 Å². The highest BCUT2D eigenvalue weighted by atomic mass is 16.5. The van der Waals surface area contributed by atoms with Crippen molar-refractivity contribution in [2.24, 2.45) is 0 Å². The lowest BCUT2D eigenvalue weighted by Gasteiger charge is -2.14. The van der Waals surface area contributed by atoms with E-state index in [0.717, 1.165) is 38.5 Å². The molecule has 3 amide bonds. The van der Waals surface area contributed by atoms with Crippen LogP contribution in [0.1, 0.15) is 128 Å². The van der Waals surface area contributed by atoms with Gasteiger partial charge in [0, 0.05) is 32.4 Å². The summed E-state index contributed by atoms with van der Waals surface area (Å²) in [5.41, 5.74) is 0. The first-order valence-electron chi connectivity index (χ1n) is 19.3. The zero-order valence-corrected chi connectivity index (χ0v) is 31.3. The molecular weight excluding hydrogens is 678 g/mol. The Hall–Kier alpha value is -3.14. The van der Waals surface area contributed by atoms with Gasteiger partial charge >= 0.3 is 11.9 Å². The van der Waals surface area contributed by atoms with Crippen LogP contribution in [0.3, 0.4) is 0 Å². The highest BCUT2D eigenvalue weighted by Gasteiger charge is 2.20. The van der Waals surface area contributed by atoms with Gasteiger partial charge in [-0.2, -0.15) is 0 Å². The summed E-state index contributed by atoms with van der Waals surface area (Å²) in [4.78, 5) is 68.3. The molecule has 0 saturated carbocycles. The molecule has 0 aliphatic rings. The van der Waals surface area contributed by atoms with Crippen molar-refractivity contribution >= 4 is 35.9 Å². The van der Waals surface area contributed by atoms with Crippen LogP contribution in [-0.4, -0.2) is 118 Å². The second-order valence-corrected chi connectivity index (χ2v) is 12.8. The van der Waals surface area contributed by atoms with Gasteiger partial charge in [-0.25, -0.2) is 4.79 Å². The van der Waals surface area contributed by atoms with Crippen LogP contribution in [0.2, 0.25) is 0 Å². The highest BCUT2D eigenvalue weighted by Crippen LogP contribution is 2.14. The molecule has 0 aromatic rings. The van der Waals surface area contributed by atoms with Gasteiger partial charge in [0.1, 0.15) is 25.5 Å². The predicted molar refractivity (Wildman–Crippen MR) is 195 cm³/mol. The minimum atomic E-state index is -1.17. The monoisotopic (exact) mass is 745 g/mol. The molecule has 0 fully saturated rings. The lowest BCUT2D eigenvalue weighted by Crippen LogP contribution is -2.41. The van der Waals surface area contributed by atoms with Crippen molar-refractivity contribution in [1.29, 1.82) is 0 Å². The standard InChI is InChI=1S/C37H67N3O12/c41-23-26-51-28-27-49-25-22-39-35(44)31-52-30-29-50-24-21-38-33(42)20-19-32(37(47)48)40-34(43)17-15-13-11-9-7-5-3-1-2-4-6-8-10-12-14-16-18-36(45)46/h23,32H,1-22,24-31H2,(H,38,42)(H,39,44)(H,40,43)(H,45,46)(H,47,48). The summed E-state index contributed by atoms with van der Waals surface area (Å²) in [6, 6.07) is -1.12. The normalized spacial score (nSPS) is 11.5. The SMILES string of the molecule is O=CCOCCOCCNC(=O)COCCOCCNC(=O)CCC(NC(=O)CCCCCCCCCCCCCCCCCCC(=O)O)C(=O)O. The molecule has 0 heterocycles. The summed E-state index contributed by atoms with van der Waals surface area (Å²) in [6.45, 7) is 2.02. The molecule has 0 aliphatic heterocycles. The fourth-order valence-corrected chi connectivity index (χ4v) is 5.24. The Kier molecular flexibility index (Phi) is 35.3. The van der Waals surface area contributed by atoms with E-state index in [1.54, 1.807) is 0 Å². The van der Waals surface area contributed by atoms with Gasteiger partial charge in [0.05, 0.1) is 39.6 Å². The number of aliphatic carboxylic acids is 2. The molecule has 15 nitrogen and oxygen atoms in total. The molecule has 0 aromatic carbocycles. The molecule has 0 spiro atoms. The number of unbranched alkanes of at least 4 members (excludes halogenated alkanes) is 15. The number of carbonyl (C=O) groups excluding carboxylic acids is 4. The van der Waals surface area contributed by atoms with E-state index < -0.39 is 18.0 Å². The Morgan fingerprint density at radius 1 is 0.500 bits per heavy atom. The van der Waals surface area contributed by atoms with E-state index in [0.29, 0.717) is 39.1 Å². The van der Waals surface area contributed by atoms with E-state index in [2.05, 4.69) is 16.0 Å². The lowest BCUT2D eigenvalue weighted by atomic mass is 10.0. The van der Waals surface area contributed by atoms with Gasteiger partial charge in [-0.1, -0.05) is 89.9 Å². The minimum Gasteiger partial charge on any atom is -0.481 e. The second kappa shape index (κ2) is 37.6. The number of amides is 3. The Morgan fingerprint density at radius 3 is 1.42 bits per heavy atom. The average Bonchev–Trinajstić information content (AvgIpc) is 3.11. The van der Waals surface area contributed by atoms with Gasteiger partial charge in [-0.15, -0.1) is 0 Å². The van der Waals surface area contributed by atoms with Crippen molar-refractivity contribution in [3.63, 3.8) is 0 Å². The van der Waals surface area contributed by atoms with Gasteiger partial charge in [0.25, 0.3) is 0 Å². The van der Waals surface area contributed by atoms with Gasteiger partial charge in [0.2, 0.25) is 17.7 Å². The largest absolute Gasteiger partial charge is 0.481 e. The van der Waals surface area contributed by atoms with E-state index in [9.17, 15) is 33.9 Å². The number of carboxylic acid groups (broad SMARTS) is 2. The summed E-state index contributed by atoms with van der Waals surface area (Å²) >= 11 is 0. The Bertz CT molecular complexity index is 938. The number of aldehydes is 1. The molecule has 0 aliphatic carbocycles. The van der Waals surface area contributed by atoms with Crippen molar-refractivity contribution in [2.45, 2.75) is 134 Å². The van der Waals surface area contributed by atoms with E-state index >= 15 is 0 Å². The maximum atomic E-state index is 12.3. The van der Waals surface area contributed by atoms with Crippen molar-refractivity contribution in [3.8, 4) is 0 Å². The van der Waals surface area contributed by atoms with Gasteiger partial charge in [-0.05, 0) is 19.3 Å². The number of hydrogen-bond donors (Lipinski definition) is 5. The first-order chi connectivity index (χ1) is 25.3. The predicted octanol–water partition coefficient (Wildman–Crippen LogP) is 3.94. The molecule has 0 aromatic heterocycles. The Balaban J connectivity index is 3.64. The number of rotatable bonds is 40. The molecule has 0 saturated heterocycles. The smallest absolute Gasteiger partial charge is 0.326 e. The van der Waals surface area contributed by atoms with Crippen molar-refractivity contribution in [1.82, 2.24) is 16.0 Å². The summed E-state index contributed by atoms with van der Waals surface area (Å²) in [5.74, 6) is -2.83. The summed E-state index contributed by atoms with van der Waals surface area (Å²) < 4.78 is 20.8. The van der Waals surface area contributed by atoms with E-state index in [1.807, 2.05) is 0 Å². The second-order valence-electron chi connectivity index (χ2n) is 12.8. The summed E-state index contributed by atoms with van der Waals surface area (Å²) in [5, 5.41) is 25.9. The van der Waals surface area contributed by atoms with E-state index in [-0.39, 0.29) is 83.0 Å². The van der Waals surface area contributed by atoms with E-state index in [4.69, 9.17) is 24.1 Å². The maximum absolute atomic E-state index is 12.3. The fraction of sp³-hybridized carbons (Fsp3) is 0.838. The van der Waals surface area contributed by atoms with Gasteiger partial charge < -0.3 is 49.9 Å². The molecule has 0 bridgehead atoms. The highest BCUT2D eigenvalue weighted by molar-refractivity contribution is 5.84. The molecule has 1 unspecified atom stereocenters. The Labute approximate surface area is 310 Å². The van der Waals surface area contributed by atoms with Crippen LogP contribution in [0.5, 0.6) is 0 Å². The third-order valence-corrected chi connectivity index (χ3v) is 8.14.